The van der Waals surface area contributed by atoms with Crippen LogP contribution in [0.25, 0.3) is 0 Å². The fourth-order valence-corrected chi connectivity index (χ4v) is 2.79. The number of methoxy groups -OCH3 is 1. The van der Waals surface area contributed by atoms with Crippen molar-refractivity contribution >= 4 is 23.0 Å². The smallest absolute Gasteiger partial charge is 0.294 e. The molecule has 0 saturated carbocycles. The summed E-state index contributed by atoms with van der Waals surface area (Å²) >= 11 is 5.84. The summed E-state index contributed by atoms with van der Waals surface area (Å²) < 4.78 is 4.91. The molecule has 7 nitrogen and oxygen atoms in total. The van der Waals surface area contributed by atoms with Gasteiger partial charge in [0.25, 0.3) is 5.69 Å². The molecule has 0 unspecified atom stereocenters. The van der Waals surface area contributed by atoms with Crippen LogP contribution in [0.1, 0.15) is 0 Å². The van der Waals surface area contributed by atoms with Crippen molar-refractivity contribution in [3.8, 4) is 0 Å². The van der Waals surface area contributed by atoms with Crippen LogP contribution in [0.4, 0.5) is 11.4 Å². The average Bonchev–Trinajstić information content (AvgIpc) is 2.48. The summed E-state index contributed by atoms with van der Waals surface area (Å²) in [5, 5.41) is 21.3. The van der Waals surface area contributed by atoms with Crippen molar-refractivity contribution in [2.45, 2.75) is 6.10 Å². The molecule has 1 atom stereocenters. The van der Waals surface area contributed by atoms with E-state index >= 15 is 0 Å². The van der Waals surface area contributed by atoms with Gasteiger partial charge in [0.05, 0.1) is 17.6 Å². The Morgan fingerprint density at radius 3 is 2.68 bits per heavy atom. The van der Waals surface area contributed by atoms with E-state index < -0.39 is 11.0 Å². The third-order valence-electron chi connectivity index (χ3n) is 3.68. The van der Waals surface area contributed by atoms with Gasteiger partial charge in [-0.25, -0.2) is 0 Å². The Bertz CT molecular complexity index is 521. The lowest BCUT2D eigenvalue weighted by Gasteiger charge is -2.36. The van der Waals surface area contributed by atoms with E-state index in [0.717, 1.165) is 13.1 Å². The van der Waals surface area contributed by atoms with E-state index in [1.807, 2.05) is 4.90 Å². The number of aliphatic hydroxyl groups is 1. The van der Waals surface area contributed by atoms with Gasteiger partial charge < -0.3 is 14.7 Å². The maximum Gasteiger partial charge on any atom is 0.294 e. The molecule has 1 N–H and O–H groups in total. The van der Waals surface area contributed by atoms with Crippen LogP contribution in [0.15, 0.2) is 18.2 Å². The van der Waals surface area contributed by atoms with E-state index in [-0.39, 0.29) is 5.69 Å². The fraction of sp³-hybridized carbons (Fsp3) is 0.571. The number of aliphatic hydroxyl groups excluding tert-OH is 1. The molecule has 0 radical (unpaired) electrons. The second-order valence-corrected chi connectivity index (χ2v) is 5.72. The molecule has 1 heterocycles. The zero-order chi connectivity index (χ0) is 16.1. The van der Waals surface area contributed by atoms with Crippen LogP contribution >= 0.6 is 11.6 Å². The molecule has 1 aliphatic rings. The lowest BCUT2D eigenvalue weighted by Crippen LogP contribution is -2.49. The molecule has 1 aromatic rings. The molecule has 1 saturated heterocycles. The van der Waals surface area contributed by atoms with Gasteiger partial charge in [-0.2, -0.15) is 0 Å². The summed E-state index contributed by atoms with van der Waals surface area (Å²) in [5.41, 5.74) is 0.617. The van der Waals surface area contributed by atoms with Gasteiger partial charge in [-0.1, -0.05) is 11.6 Å². The van der Waals surface area contributed by atoms with Crippen molar-refractivity contribution in [1.29, 1.82) is 0 Å². The van der Waals surface area contributed by atoms with Crippen molar-refractivity contribution in [3.05, 3.63) is 33.3 Å². The third-order valence-corrected chi connectivity index (χ3v) is 3.91. The number of β-amino-alcohol motifs (C(OH)–C–C–N with tert-alkyl or cyclic N) is 1. The van der Waals surface area contributed by atoms with E-state index in [4.69, 9.17) is 16.3 Å². The van der Waals surface area contributed by atoms with Gasteiger partial charge in [-0.15, -0.1) is 0 Å². The SMILES string of the molecule is COC[C@@H](O)CN1CCN(c2ccc(Cl)cc2[N+](=O)[O-])CC1. The van der Waals surface area contributed by atoms with Crippen LogP contribution in [0.5, 0.6) is 0 Å². The third kappa shape index (κ3) is 4.30. The zero-order valence-corrected chi connectivity index (χ0v) is 13.2. The number of piperazine rings is 1. The monoisotopic (exact) mass is 329 g/mol. The van der Waals surface area contributed by atoms with E-state index in [2.05, 4.69) is 4.90 Å². The number of anilines is 1. The first-order valence-corrected chi connectivity index (χ1v) is 7.47. The molecule has 2 rings (SSSR count). The van der Waals surface area contributed by atoms with Crippen molar-refractivity contribution in [2.75, 3.05) is 51.3 Å². The van der Waals surface area contributed by atoms with E-state index in [9.17, 15) is 15.2 Å². The minimum absolute atomic E-state index is 0.0281. The van der Waals surface area contributed by atoms with Crippen molar-refractivity contribution in [2.24, 2.45) is 0 Å². The first-order chi connectivity index (χ1) is 10.5. The highest BCUT2D eigenvalue weighted by atomic mass is 35.5. The molecule has 1 aromatic carbocycles. The van der Waals surface area contributed by atoms with E-state index in [0.29, 0.717) is 37.0 Å². The summed E-state index contributed by atoms with van der Waals surface area (Å²) in [4.78, 5) is 14.9. The maximum atomic E-state index is 11.2. The second-order valence-electron chi connectivity index (χ2n) is 5.29. The number of rotatable bonds is 6. The summed E-state index contributed by atoms with van der Waals surface area (Å²) in [5.74, 6) is 0. The van der Waals surface area contributed by atoms with Crippen molar-refractivity contribution in [1.82, 2.24) is 4.90 Å². The van der Waals surface area contributed by atoms with E-state index in [1.54, 1.807) is 19.2 Å². The molecule has 0 bridgehead atoms. The minimum atomic E-state index is -0.513. The van der Waals surface area contributed by atoms with E-state index in [1.165, 1.54) is 6.07 Å². The molecule has 8 heteroatoms. The Morgan fingerprint density at radius 1 is 1.41 bits per heavy atom. The van der Waals surface area contributed by atoms with Gasteiger partial charge >= 0.3 is 0 Å². The highest BCUT2D eigenvalue weighted by Crippen LogP contribution is 2.31. The molecule has 122 valence electrons. The van der Waals surface area contributed by atoms with Gasteiger partial charge in [0.1, 0.15) is 5.69 Å². The van der Waals surface area contributed by atoms with Crippen LogP contribution in [0, 0.1) is 10.1 Å². The van der Waals surface area contributed by atoms with Gasteiger partial charge in [0.2, 0.25) is 0 Å². The van der Waals surface area contributed by atoms with Gasteiger partial charge in [0, 0.05) is 50.9 Å². The standard InChI is InChI=1S/C14H20ClN3O4/c1-22-10-12(19)9-16-4-6-17(7-5-16)13-3-2-11(15)8-14(13)18(20)21/h2-3,8,12,19H,4-7,9-10H2,1H3/t12-/m0/s1. The minimum Gasteiger partial charge on any atom is -0.389 e. The number of hydrogen-bond donors (Lipinski definition) is 1. The fourth-order valence-electron chi connectivity index (χ4n) is 2.62. The highest BCUT2D eigenvalue weighted by Gasteiger charge is 2.24. The molecule has 1 aliphatic heterocycles. The Hall–Kier alpha value is -1.41. The number of halogens is 1. The maximum absolute atomic E-state index is 11.2. The van der Waals surface area contributed by atoms with Crippen molar-refractivity contribution < 1.29 is 14.8 Å². The molecule has 22 heavy (non-hydrogen) atoms. The second kappa shape index (κ2) is 7.73. The van der Waals surface area contributed by atoms with Crippen LogP contribution in [-0.4, -0.2) is 67.5 Å². The van der Waals surface area contributed by atoms with Crippen LogP contribution in [0.2, 0.25) is 5.02 Å². The van der Waals surface area contributed by atoms with Crippen molar-refractivity contribution in [3.63, 3.8) is 0 Å². The van der Waals surface area contributed by atoms with Crippen LogP contribution < -0.4 is 4.90 Å². The number of nitrogens with zero attached hydrogens (tertiary/aromatic N) is 3. The Kier molecular flexibility index (Phi) is 5.96. The number of ether oxygens (including phenoxy) is 1. The molecule has 0 aromatic heterocycles. The zero-order valence-electron chi connectivity index (χ0n) is 12.4. The molecular formula is C14H20ClN3O4. The van der Waals surface area contributed by atoms with Gasteiger partial charge in [-0.3, -0.25) is 15.0 Å². The molecule has 0 amide bonds. The average molecular weight is 330 g/mol. The summed E-state index contributed by atoms with van der Waals surface area (Å²) in [6.45, 7) is 3.67. The number of nitro groups is 1. The number of benzene rings is 1. The predicted octanol–water partition coefficient (Wildman–Crippen LogP) is 1.38. The first kappa shape index (κ1) is 17.0. The predicted molar refractivity (Wildman–Crippen MR) is 84.6 cm³/mol. The molecule has 0 spiro atoms. The topological polar surface area (TPSA) is 79.1 Å². The molecular weight excluding hydrogens is 310 g/mol. The van der Waals surface area contributed by atoms with Gasteiger partial charge in [0.15, 0.2) is 0 Å². The highest BCUT2D eigenvalue weighted by molar-refractivity contribution is 6.30. The molecule has 1 fully saturated rings. The Labute approximate surface area is 134 Å². The van der Waals surface area contributed by atoms with Crippen LogP contribution in [-0.2, 0) is 4.74 Å². The van der Waals surface area contributed by atoms with Gasteiger partial charge in [-0.05, 0) is 12.1 Å². The normalized spacial score (nSPS) is 17.5. The summed E-state index contributed by atoms with van der Waals surface area (Å²) in [6, 6.07) is 4.74. The summed E-state index contributed by atoms with van der Waals surface area (Å²) in [7, 11) is 1.56. The van der Waals surface area contributed by atoms with Crippen LogP contribution in [0.3, 0.4) is 0 Å². The Morgan fingerprint density at radius 2 is 2.09 bits per heavy atom. The largest absolute Gasteiger partial charge is 0.389 e. The number of nitro benzene ring substituents is 1. The Balaban J connectivity index is 1.98. The lowest BCUT2D eigenvalue weighted by molar-refractivity contribution is -0.384. The summed E-state index contributed by atoms with van der Waals surface area (Å²) in [6.07, 6.45) is -0.513. The first-order valence-electron chi connectivity index (χ1n) is 7.09. The molecule has 0 aliphatic carbocycles. The quantitative estimate of drug-likeness (QED) is 0.627. The lowest BCUT2D eigenvalue weighted by atomic mass is 10.2. The number of hydrogen-bond acceptors (Lipinski definition) is 6.